The van der Waals surface area contributed by atoms with Crippen molar-refractivity contribution in [2.24, 2.45) is 0 Å². The molecule has 2 nitrogen and oxygen atoms in total. The highest BCUT2D eigenvalue weighted by Gasteiger charge is 2.10. The lowest BCUT2D eigenvalue weighted by atomic mass is 10.2. The standard InChI is InChI=1S/C16H16BrClO2/c1-2-19-15-8-4-6-13(10-18)16(15)20-11-12-5-3-7-14(17)9-12/h3-9H,2,10-11H2,1H3. The van der Waals surface area contributed by atoms with E-state index in [1.165, 1.54) is 0 Å². The summed E-state index contributed by atoms with van der Waals surface area (Å²) in [4.78, 5) is 0. The van der Waals surface area contributed by atoms with E-state index < -0.39 is 0 Å². The Morgan fingerprint density at radius 2 is 1.90 bits per heavy atom. The Labute approximate surface area is 132 Å². The van der Waals surface area contributed by atoms with Crippen molar-refractivity contribution >= 4 is 27.5 Å². The molecule has 0 radical (unpaired) electrons. The Balaban J connectivity index is 2.19. The molecule has 106 valence electrons. The van der Waals surface area contributed by atoms with Crippen molar-refractivity contribution in [3.05, 3.63) is 58.1 Å². The first-order chi connectivity index (χ1) is 9.74. The van der Waals surface area contributed by atoms with Gasteiger partial charge < -0.3 is 9.47 Å². The summed E-state index contributed by atoms with van der Waals surface area (Å²) in [5.41, 5.74) is 2.03. The molecule has 0 aliphatic heterocycles. The Morgan fingerprint density at radius 1 is 1.10 bits per heavy atom. The molecule has 0 atom stereocenters. The normalized spacial score (nSPS) is 10.3. The second-order valence-electron chi connectivity index (χ2n) is 4.23. The van der Waals surface area contributed by atoms with Gasteiger partial charge in [-0.15, -0.1) is 11.6 Å². The van der Waals surface area contributed by atoms with E-state index in [0.717, 1.165) is 27.1 Å². The van der Waals surface area contributed by atoms with E-state index in [9.17, 15) is 0 Å². The second kappa shape index (κ2) is 7.55. The summed E-state index contributed by atoms with van der Waals surface area (Å²) in [7, 11) is 0. The zero-order chi connectivity index (χ0) is 14.4. The second-order valence-corrected chi connectivity index (χ2v) is 5.41. The number of benzene rings is 2. The van der Waals surface area contributed by atoms with Gasteiger partial charge in [-0.25, -0.2) is 0 Å². The lowest BCUT2D eigenvalue weighted by Crippen LogP contribution is -2.02. The van der Waals surface area contributed by atoms with Crippen LogP contribution in [0.3, 0.4) is 0 Å². The summed E-state index contributed by atoms with van der Waals surface area (Å²) in [6.07, 6.45) is 0. The van der Waals surface area contributed by atoms with Gasteiger partial charge in [0.25, 0.3) is 0 Å². The topological polar surface area (TPSA) is 18.5 Å². The van der Waals surface area contributed by atoms with E-state index in [1.54, 1.807) is 0 Å². The Hall–Kier alpha value is -1.19. The number of hydrogen-bond acceptors (Lipinski definition) is 2. The predicted molar refractivity (Wildman–Crippen MR) is 85.6 cm³/mol. The van der Waals surface area contributed by atoms with E-state index >= 15 is 0 Å². The average molecular weight is 356 g/mol. The highest BCUT2D eigenvalue weighted by Crippen LogP contribution is 2.33. The molecule has 20 heavy (non-hydrogen) atoms. The number of halogens is 2. The molecule has 2 aromatic rings. The third kappa shape index (κ3) is 3.90. The molecule has 0 amide bonds. The lowest BCUT2D eigenvalue weighted by Gasteiger charge is -2.15. The van der Waals surface area contributed by atoms with Crippen molar-refractivity contribution in [2.45, 2.75) is 19.4 Å². The highest BCUT2D eigenvalue weighted by atomic mass is 79.9. The van der Waals surface area contributed by atoms with Gasteiger partial charge in [-0.1, -0.05) is 40.2 Å². The van der Waals surface area contributed by atoms with Crippen LogP contribution < -0.4 is 9.47 Å². The molecule has 0 fully saturated rings. The molecule has 0 aliphatic carbocycles. The minimum Gasteiger partial charge on any atom is -0.490 e. The van der Waals surface area contributed by atoms with Crippen LogP contribution in [0.4, 0.5) is 0 Å². The molecule has 0 unspecified atom stereocenters. The summed E-state index contributed by atoms with van der Waals surface area (Å²) < 4.78 is 12.6. The minimum absolute atomic E-state index is 0.398. The van der Waals surface area contributed by atoms with Crippen molar-refractivity contribution < 1.29 is 9.47 Å². The fraction of sp³-hybridized carbons (Fsp3) is 0.250. The van der Waals surface area contributed by atoms with Gasteiger partial charge in [0.05, 0.1) is 12.5 Å². The molecule has 0 aliphatic rings. The fourth-order valence-electron chi connectivity index (χ4n) is 1.88. The number of hydrogen-bond donors (Lipinski definition) is 0. The van der Waals surface area contributed by atoms with Gasteiger partial charge in [-0.2, -0.15) is 0 Å². The molecule has 0 spiro atoms. The van der Waals surface area contributed by atoms with E-state index in [4.69, 9.17) is 21.1 Å². The zero-order valence-corrected chi connectivity index (χ0v) is 13.6. The van der Waals surface area contributed by atoms with Crippen LogP contribution in [-0.2, 0) is 12.5 Å². The largest absolute Gasteiger partial charge is 0.490 e. The molecule has 0 bridgehead atoms. The molecule has 0 saturated carbocycles. The lowest BCUT2D eigenvalue weighted by molar-refractivity contribution is 0.267. The number of alkyl halides is 1. The molecule has 0 aromatic heterocycles. The molecule has 2 rings (SSSR count). The Kier molecular flexibility index (Phi) is 5.74. The molecular weight excluding hydrogens is 340 g/mol. The van der Waals surface area contributed by atoms with Gasteiger partial charge in [-0.3, -0.25) is 0 Å². The van der Waals surface area contributed by atoms with Gasteiger partial charge in [0, 0.05) is 10.0 Å². The van der Waals surface area contributed by atoms with Crippen LogP contribution in [0.25, 0.3) is 0 Å². The molecule has 0 saturated heterocycles. The van der Waals surface area contributed by atoms with Crippen molar-refractivity contribution in [1.82, 2.24) is 0 Å². The zero-order valence-electron chi connectivity index (χ0n) is 11.2. The number of rotatable bonds is 6. The summed E-state index contributed by atoms with van der Waals surface area (Å²) >= 11 is 9.42. The van der Waals surface area contributed by atoms with Crippen LogP contribution in [0.1, 0.15) is 18.1 Å². The van der Waals surface area contributed by atoms with Crippen LogP contribution in [0.15, 0.2) is 46.9 Å². The van der Waals surface area contributed by atoms with Crippen molar-refractivity contribution in [3.8, 4) is 11.5 Å². The third-order valence-electron chi connectivity index (χ3n) is 2.78. The van der Waals surface area contributed by atoms with Gasteiger partial charge in [0.2, 0.25) is 0 Å². The van der Waals surface area contributed by atoms with E-state index in [0.29, 0.717) is 19.1 Å². The van der Waals surface area contributed by atoms with Crippen LogP contribution in [0.2, 0.25) is 0 Å². The predicted octanol–water partition coefficient (Wildman–Crippen LogP) is 5.17. The first-order valence-corrected chi connectivity index (χ1v) is 7.75. The smallest absolute Gasteiger partial charge is 0.166 e. The molecule has 0 heterocycles. The van der Waals surface area contributed by atoms with Gasteiger partial charge in [0.15, 0.2) is 11.5 Å². The average Bonchev–Trinajstić information content (AvgIpc) is 2.46. The fourth-order valence-corrected chi connectivity index (χ4v) is 2.54. The van der Waals surface area contributed by atoms with Gasteiger partial charge in [0.1, 0.15) is 6.61 Å². The quantitative estimate of drug-likeness (QED) is 0.666. The van der Waals surface area contributed by atoms with Crippen molar-refractivity contribution in [3.63, 3.8) is 0 Å². The molecule has 4 heteroatoms. The van der Waals surface area contributed by atoms with Crippen molar-refractivity contribution in [1.29, 1.82) is 0 Å². The van der Waals surface area contributed by atoms with Crippen LogP contribution >= 0.6 is 27.5 Å². The Bertz CT molecular complexity index is 572. The first-order valence-electron chi connectivity index (χ1n) is 6.42. The maximum atomic E-state index is 5.97. The SMILES string of the molecule is CCOc1cccc(CCl)c1OCc1cccc(Br)c1. The molecule has 2 aromatic carbocycles. The number of ether oxygens (including phenoxy) is 2. The van der Waals surface area contributed by atoms with Crippen LogP contribution in [0.5, 0.6) is 11.5 Å². The van der Waals surface area contributed by atoms with Crippen LogP contribution in [0, 0.1) is 0 Å². The third-order valence-corrected chi connectivity index (χ3v) is 3.56. The van der Waals surface area contributed by atoms with Crippen LogP contribution in [-0.4, -0.2) is 6.61 Å². The van der Waals surface area contributed by atoms with E-state index in [-0.39, 0.29) is 0 Å². The van der Waals surface area contributed by atoms with E-state index in [2.05, 4.69) is 15.9 Å². The Morgan fingerprint density at radius 3 is 2.60 bits per heavy atom. The van der Waals surface area contributed by atoms with E-state index in [1.807, 2.05) is 49.4 Å². The van der Waals surface area contributed by atoms with Gasteiger partial charge in [-0.05, 0) is 30.7 Å². The highest BCUT2D eigenvalue weighted by molar-refractivity contribution is 9.10. The maximum Gasteiger partial charge on any atom is 0.166 e. The van der Waals surface area contributed by atoms with Crippen molar-refractivity contribution in [2.75, 3.05) is 6.61 Å². The summed E-state index contributed by atoms with van der Waals surface area (Å²) in [6, 6.07) is 13.8. The van der Waals surface area contributed by atoms with Gasteiger partial charge >= 0.3 is 0 Å². The molecular formula is C16H16BrClO2. The minimum atomic E-state index is 0.398. The summed E-state index contributed by atoms with van der Waals surface area (Å²) in [6.45, 7) is 3.03. The first kappa shape index (κ1) is 15.2. The molecule has 0 N–H and O–H groups in total. The summed E-state index contributed by atoms with van der Waals surface area (Å²) in [5.74, 6) is 1.86. The number of para-hydroxylation sites is 1. The maximum absolute atomic E-state index is 5.97. The summed E-state index contributed by atoms with van der Waals surface area (Å²) in [5, 5.41) is 0. The monoisotopic (exact) mass is 354 g/mol.